The second-order valence-corrected chi connectivity index (χ2v) is 6.35. The van der Waals surface area contributed by atoms with Gasteiger partial charge >= 0.3 is 5.97 Å². The molecule has 3 aromatic rings. The first-order chi connectivity index (χ1) is 13.9. The van der Waals surface area contributed by atoms with Crippen molar-refractivity contribution in [3.63, 3.8) is 0 Å². The van der Waals surface area contributed by atoms with Crippen LogP contribution >= 0.6 is 0 Å². The molecule has 0 unspecified atom stereocenters. The molecule has 1 N–H and O–H groups in total. The molecule has 0 bridgehead atoms. The normalized spacial score (nSPS) is 11.7. The molecule has 0 fully saturated rings. The number of aldehydes is 1. The van der Waals surface area contributed by atoms with E-state index in [-0.39, 0.29) is 12.0 Å². The molecule has 1 aromatic heterocycles. The summed E-state index contributed by atoms with van der Waals surface area (Å²) >= 11 is 0. The standard InChI is InChI=1S/C22H19FN2O4/c1-14-12-25(13-24-14)19-8-5-16(11-20(19)29-2)18(9-10-26)21(22(27)28)15-3-6-17(23)7-4-15/h3-8,10-13H,9H2,1-2H3,(H,27,28). The maximum atomic E-state index is 13.3. The number of aryl methyl sites for hydroxylation is 1. The molecule has 0 radical (unpaired) electrons. The number of hydrogen-bond acceptors (Lipinski definition) is 4. The lowest BCUT2D eigenvalue weighted by molar-refractivity contribution is -0.130. The Morgan fingerprint density at radius 3 is 2.45 bits per heavy atom. The first-order valence-electron chi connectivity index (χ1n) is 8.80. The fraction of sp³-hybridized carbons (Fsp3) is 0.136. The molecule has 7 heteroatoms. The number of halogens is 1. The topological polar surface area (TPSA) is 81.4 Å². The van der Waals surface area contributed by atoms with Crippen LogP contribution in [-0.4, -0.2) is 34.0 Å². The van der Waals surface area contributed by atoms with Crippen LogP contribution in [0.1, 0.15) is 23.2 Å². The van der Waals surface area contributed by atoms with Gasteiger partial charge in [-0.2, -0.15) is 0 Å². The maximum absolute atomic E-state index is 13.3. The van der Waals surface area contributed by atoms with E-state index in [1.165, 1.54) is 31.4 Å². The summed E-state index contributed by atoms with van der Waals surface area (Å²) in [5.41, 5.74) is 2.64. The predicted octanol–water partition coefficient (Wildman–Crippen LogP) is 3.91. The summed E-state index contributed by atoms with van der Waals surface area (Å²) in [5, 5.41) is 9.81. The number of carbonyl (C=O) groups excluding carboxylic acids is 1. The van der Waals surface area contributed by atoms with Gasteiger partial charge in [0.25, 0.3) is 0 Å². The SMILES string of the molecule is COc1cc(C(CC=O)=C(C(=O)O)c2ccc(F)cc2)ccc1-n1cnc(C)c1. The van der Waals surface area contributed by atoms with Gasteiger partial charge in [0.2, 0.25) is 0 Å². The Balaban J connectivity index is 2.19. The molecule has 2 aromatic carbocycles. The Kier molecular flexibility index (Phi) is 5.87. The summed E-state index contributed by atoms with van der Waals surface area (Å²) in [5.74, 6) is -1.19. The number of imidazole rings is 1. The molecule has 0 atom stereocenters. The van der Waals surface area contributed by atoms with Crippen molar-refractivity contribution >= 4 is 23.4 Å². The molecular formula is C22H19FN2O4. The van der Waals surface area contributed by atoms with Crippen LogP contribution in [0.5, 0.6) is 5.75 Å². The third-order valence-electron chi connectivity index (χ3n) is 4.45. The minimum Gasteiger partial charge on any atom is -0.495 e. The molecule has 0 spiro atoms. The number of nitrogens with zero attached hydrogens (tertiary/aromatic N) is 2. The Labute approximate surface area is 166 Å². The van der Waals surface area contributed by atoms with Crippen LogP contribution in [0.2, 0.25) is 0 Å². The number of carboxylic acids is 1. The Morgan fingerprint density at radius 2 is 1.90 bits per heavy atom. The summed E-state index contributed by atoms with van der Waals surface area (Å²) in [4.78, 5) is 27.5. The van der Waals surface area contributed by atoms with Gasteiger partial charge in [0.1, 0.15) is 17.9 Å². The summed E-state index contributed by atoms with van der Waals surface area (Å²) in [6, 6.07) is 10.3. The van der Waals surface area contributed by atoms with E-state index < -0.39 is 11.8 Å². The van der Waals surface area contributed by atoms with Crippen LogP contribution in [-0.2, 0) is 9.59 Å². The van der Waals surface area contributed by atoms with Crippen molar-refractivity contribution in [2.24, 2.45) is 0 Å². The van der Waals surface area contributed by atoms with Crippen LogP contribution in [0.4, 0.5) is 4.39 Å². The van der Waals surface area contributed by atoms with Gasteiger partial charge in [0.15, 0.2) is 0 Å². The van der Waals surface area contributed by atoms with Crippen molar-refractivity contribution in [3.05, 3.63) is 77.6 Å². The van der Waals surface area contributed by atoms with Crippen molar-refractivity contribution in [1.29, 1.82) is 0 Å². The highest BCUT2D eigenvalue weighted by molar-refractivity contribution is 6.24. The fourth-order valence-electron chi connectivity index (χ4n) is 3.12. The third kappa shape index (κ3) is 4.24. The molecular weight excluding hydrogens is 375 g/mol. The van der Waals surface area contributed by atoms with E-state index in [9.17, 15) is 19.1 Å². The van der Waals surface area contributed by atoms with Crippen LogP contribution in [0.25, 0.3) is 16.8 Å². The molecule has 0 aliphatic heterocycles. The number of benzene rings is 2. The first kappa shape index (κ1) is 20.0. The number of aromatic nitrogens is 2. The number of allylic oxidation sites excluding steroid dienone is 1. The maximum Gasteiger partial charge on any atom is 0.336 e. The van der Waals surface area contributed by atoms with Crippen LogP contribution in [0.15, 0.2) is 55.0 Å². The van der Waals surface area contributed by atoms with Crippen molar-refractivity contribution in [3.8, 4) is 11.4 Å². The Bertz CT molecular complexity index is 1080. The van der Waals surface area contributed by atoms with Crippen LogP contribution < -0.4 is 4.74 Å². The summed E-state index contributed by atoms with van der Waals surface area (Å²) in [6.07, 6.45) is 4.00. The minimum atomic E-state index is -1.21. The van der Waals surface area contributed by atoms with E-state index in [0.717, 1.165) is 11.4 Å². The van der Waals surface area contributed by atoms with Gasteiger partial charge in [-0.15, -0.1) is 0 Å². The highest BCUT2D eigenvalue weighted by atomic mass is 19.1. The fourth-order valence-corrected chi connectivity index (χ4v) is 3.12. The van der Waals surface area contributed by atoms with E-state index in [2.05, 4.69) is 4.98 Å². The Hall–Kier alpha value is -3.74. The molecule has 0 aliphatic carbocycles. The van der Waals surface area contributed by atoms with Crippen molar-refractivity contribution in [2.45, 2.75) is 13.3 Å². The average Bonchev–Trinajstić information content (AvgIpc) is 3.14. The zero-order valence-corrected chi connectivity index (χ0v) is 15.9. The number of aliphatic carboxylic acids is 1. The molecule has 148 valence electrons. The monoisotopic (exact) mass is 394 g/mol. The molecule has 0 amide bonds. The number of methoxy groups -OCH3 is 1. The van der Waals surface area contributed by atoms with E-state index in [4.69, 9.17) is 4.74 Å². The summed E-state index contributed by atoms with van der Waals surface area (Å²) in [6.45, 7) is 1.87. The van der Waals surface area contributed by atoms with Crippen molar-refractivity contribution in [1.82, 2.24) is 9.55 Å². The van der Waals surface area contributed by atoms with Gasteiger partial charge < -0.3 is 19.2 Å². The largest absolute Gasteiger partial charge is 0.495 e. The third-order valence-corrected chi connectivity index (χ3v) is 4.45. The van der Waals surface area contributed by atoms with Gasteiger partial charge in [-0.3, -0.25) is 0 Å². The zero-order valence-electron chi connectivity index (χ0n) is 15.9. The van der Waals surface area contributed by atoms with Crippen molar-refractivity contribution < 1.29 is 23.8 Å². The summed E-state index contributed by atoms with van der Waals surface area (Å²) < 4.78 is 20.6. The van der Waals surface area contributed by atoms with E-state index in [1.807, 2.05) is 13.1 Å². The second kappa shape index (κ2) is 8.52. The molecule has 6 nitrogen and oxygen atoms in total. The van der Waals surface area contributed by atoms with Crippen LogP contribution in [0.3, 0.4) is 0 Å². The van der Waals surface area contributed by atoms with Crippen LogP contribution in [0, 0.1) is 12.7 Å². The molecule has 0 aliphatic rings. The zero-order chi connectivity index (χ0) is 21.0. The van der Waals surface area contributed by atoms with Gasteiger partial charge in [0.05, 0.1) is 30.4 Å². The number of hydrogen-bond donors (Lipinski definition) is 1. The predicted molar refractivity (Wildman–Crippen MR) is 106 cm³/mol. The highest BCUT2D eigenvalue weighted by Gasteiger charge is 2.20. The van der Waals surface area contributed by atoms with E-state index in [1.54, 1.807) is 29.1 Å². The lowest BCUT2D eigenvalue weighted by Crippen LogP contribution is -2.05. The van der Waals surface area contributed by atoms with E-state index >= 15 is 0 Å². The average molecular weight is 394 g/mol. The minimum absolute atomic E-state index is 0.0645. The number of rotatable bonds is 7. The number of carboxylic acid groups (broad SMARTS) is 1. The van der Waals surface area contributed by atoms with Gasteiger partial charge in [-0.05, 0) is 47.9 Å². The molecule has 0 saturated heterocycles. The molecule has 1 heterocycles. The molecule has 0 saturated carbocycles. The Morgan fingerprint density at radius 1 is 1.21 bits per heavy atom. The lowest BCUT2D eigenvalue weighted by atomic mass is 9.92. The van der Waals surface area contributed by atoms with E-state index in [0.29, 0.717) is 28.7 Å². The number of carbonyl (C=O) groups is 2. The van der Waals surface area contributed by atoms with Gasteiger partial charge in [0, 0.05) is 12.6 Å². The second-order valence-electron chi connectivity index (χ2n) is 6.35. The highest BCUT2D eigenvalue weighted by Crippen LogP contribution is 2.33. The number of ether oxygens (including phenoxy) is 1. The summed E-state index contributed by atoms with van der Waals surface area (Å²) in [7, 11) is 1.51. The molecule has 3 rings (SSSR count). The van der Waals surface area contributed by atoms with Gasteiger partial charge in [-0.1, -0.05) is 18.2 Å². The lowest BCUT2D eigenvalue weighted by Gasteiger charge is -2.15. The van der Waals surface area contributed by atoms with Crippen molar-refractivity contribution in [2.75, 3.05) is 7.11 Å². The molecule has 29 heavy (non-hydrogen) atoms. The first-order valence-corrected chi connectivity index (χ1v) is 8.80. The van der Waals surface area contributed by atoms with Gasteiger partial charge in [-0.25, -0.2) is 14.2 Å². The smallest absolute Gasteiger partial charge is 0.336 e. The quantitative estimate of drug-likeness (QED) is 0.373.